The van der Waals surface area contributed by atoms with E-state index in [0.29, 0.717) is 13.1 Å². The molecule has 0 saturated carbocycles. The van der Waals surface area contributed by atoms with Crippen LogP contribution in [-0.2, 0) is 17.8 Å². The van der Waals surface area contributed by atoms with Gasteiger partial charge in [-0.3, -0.25) is 4.90 Å². The second-order valence-corrected chi connectivity index (χ2v) is 5.98. The SMILES string of the molecule is CN(Cc1ncccn1)Cc1cnc(N2CCOCC2)cc1Cl. The van der Waals surface area contributed by atoms with E-state index in [9.17, 15) is 0 Å². The molecule has 1 aliphatic rings. The lowest BCUT2D eigenvalue weighted by molar-refractivity contribution is 0.122. The molecule has 0 aliphatic carbocycles. The predicted octanol–water partition coefficient (Wildman–Crippen LogP) is 1.99. The molecular weight excluding hydrogens is 314 g/mol. The first kappa shape index (κ1) is 16.1. The van der Waals surface area contributed by atoms with Gasteiger partial charge in [-0.05, 0) is 19.2 Å². The third-order valence-corrected chi connectivity index (χ3v) is 4.07. The standard InChI is InChI=1S/C16H20ClN5O/c1-21(12-15-18-3-2-4-19-15)11-13-10-20-16(9-14(13)17)22-5-7-23-8-6-22/h2-4,9-10H,5-8,11-12H2,1H3. The molecule has 3 heterocycles. The lowest BCUT2D eigenvalue weighted by Gasteiger charge is -2.28. The highest BCUT2D eigenvalue weighted by atomic mass is 35.5. The highest BCUT2D eigenvalue weighted by Crippen LogP contribution is 2.23. The van der Waals surface area contributed by atoms with Crippen molar-refractivity contribution >= 4 is 17.4 Å². The van der Waals surface area contributed by atoms with Crippen molar-refractivity contribution in [3.8, 4) is 0 Å². The minimum absolute atomic E-state index is 0.669. The number of halogens is 1. The third kappa shape index (κ3) is 4.37. The molecule has 23 heavy (non-hydrogen) atoms. The number of ether oxygens (including phenoxy) is 1. The summed E-state index contributed by atoms with van der Waals surface area (Å²) in [5, 5.41) is 0.738. The van der Waals surface area contributed by atoms with Crippen molar-refractivity contribution in [1.82, 2.24) is 19.9 Å². The maximum atomic E-state index is 6.44. The van der Waals surface area contributed by atoms with Gasteiger partial charge in [0, 0.05) is 43.8 Å². The number of rotatable bonds is 5. The van der Waals surface area contributed by atoms with E-state index in [4.69, 9.17) is 16.3 Å². The zero-order valence-corrected chi connectivity index (χ0v) is 13.9. The fourth-order valence-electron chi connectivity index (χ4n) is 2.53. The summed E-state index contributed by atoms with van der Waals surface area (Å²) < 4.78 is 5.36. The van der Waals surface area contributed by atoms with E-state index in [1.807, 2.05) is 25.4 Å². The summed E-state index contributed by atoms with van der Waals surface area (Å²) in [6, 6.07) is 3.75. The molecular formula is C16H20ClN5O. The largest absolute Gasteiger partial charge is 0.378 e. The van der Waals surface area contributed by atoms with Crippen LogP contribution < -0.4 is 4.90 Å². The first-order chi connectivity index (χ1) is 11.2. The van der Waals surface area contributed by atoms with Crippen molar-refractivity contribution in [2.45, 2.75) is 13.1 Å². The maximum Gasteiger partial charge on any atom is 0.142 e. The molecule has 122 valence electrons. The fourth-order valence-corrected chi connectivity index (χ4v) is 2.74. The molecule has 0 aromatic carbocycles. The van der Waals surface area contributed by atoms with E-state index < -0.39 is 0 Å². The first-order valence-electron chi connectivity index (χ1n) is 7.64. The van der Waals surface area contributed by atoms with Crippen molar-refractivity contribution in [2.75, 3.05) is 38.3 Å². The molecule has 1 aliphatic heterocycles. The van der Waals surface area contributed by atoms with E-state index in [-0.39, 0.29) is 0 Å². The second kappa shape index (κ2) is 7.68. The van der Waals surface area contributed by atoms with Gasteiger partial charge >= 0.3 is 0 Å². The van der Waals surface area contributed by atoms with Crippen LogP contribution in [-0.4, -0.2) is 53.2 Å². The molecule has 2 aromatic rings. The normalized spacial score (nSPS) is 15.2. The van der Waals surface area contributed by atoms with E-state index in [2.05, 4.69) is 24.8 Å². The van der Waals surface area contributed by atoms with Crippen LogP contribution in [0.4, 0.5) is 5.82 Å². The van der Waals surface area contributed by atoms with Gasteiger partial charge in [-0.1, -0.05) is 11.6 Å². The van der Waals surface area contributed by atoms with Gasteiger partial charge in [0.2, 0.25) is 0 Å². The Kier molecular flexibility index (Phi) is 5.38. The number of morpholine rings is 1. The Bertz CT molecular complexity index is 634. The van der Waals surface area contributed by atoms with E-state index in [1.54, 1.807) is 12.4 Å². The van der Waals surface area contributed by atoms with Gasteiger partial charge in [-0.2, -0.15) is 0 Å². The van der Waals surface area contributed by atoms with Crippen LogP contribution in [0.1, 0.15) is 11.4 Å². The fraction of sp³-hybridized carbons (Fsp3) is 0.438. The summed E-state index contributed by atoms with van der Waals surface area (Å²) in [6.07, 6.45) is 5.36. The molecule has 0 spiro atoms. The van der Waals surface area contributed by atoms with Gasteiger partial charge in [-0.15, -0.1) is 0 Å². The number of hydrogen-bond acceptors (Lipinski definition) is 6. The summed E-state index contributed by atoms with van der Waals surface area (Å²) in [5.41, 5.74) is 1.00. The van der Waals surface area contributed by atoms with Crippen molar-refractivity contribution in [1.29, 1.82) is 0 Å². The highest BCUT2D eigenvalue weighted by molar-refractivity contribution is 6.31. The molecule has 6 nitrogen and oxygen atoms in total. The van der Waals surface area contributed by atoms with Crippen molar-refractivity contribution < 1.29 is 4.74 Å². The lowest BCUT2D eigenvalue weighted by atomic mass is 10.2. The van der Waals surface area contributed by atoms with E-state index >= 15 is 0 Å². The van der Waals surface area contributed by atoms with Crippen molar-refractivity contribution in [2.24, 2.45) is 0 Å². The van der Waals surface area contributed by atoms with Crippen LogP contribution in [0.5, 0.6) is 0 Å². The van der Waals surface area contributed by atoms with Gasteiger partial charge < -0.3 is 9.64 Å². The van der Waals surface area contributed by atoms with E-state index in [0.717, 1.165) is 48.5 Å². The van der Waals surface area contributed by atoms with Crippen LogP contribution in [0.3, 0.4) is 0 Å². The lowest BCUT2D eigenvalue weighted by Crippen LogP contribution is -2.36. The summed E-state index contributed by atoms with van der Waals surface area (Å²) in [6.45, 7) is 4.55. The molecule has 0 atom stereocenters. The Morgan fingerprint density at radius 2 is 1.91 bits per heavy atom. The Morgan fingerprint density at radius 1 is 1.17 bits per heavy atom. The first-order valence-corrected chi connectivity index (χ1v) is 8.02. The molecule has 0 radical (unpaired) electrons. The Morgan fingerprint density at radius 3 is 2.61 bits per heavy atom. The second-order valence-electron chi connectivity index (χ2n) is 5.57. The smallest absolute Gasteiger partial charge is 0.142 e. The zero-order chi connectivity index (χ0) is 16.1. The number of anilines is 1. The molecule has 0 N–H and O–H groups in total. The zero-order valence-electron chi connectivity index (χ0n) is 13.2. The molecule has 0 bridgehead atoms. The molecule has 0 amide bonds. The van der Waals surface area contributed by atoms with Crippen LogP contribution >= 0.6 is 11.6 Å². The summed E-state index contributed by atoms with van der Waals surface area (Å²) in [5.74, 6) is 1.71. The average Bonchev–Trinajstić information content (AvgIpc) is 2.58. The minimum Gasteiger partial charge on any atom is -0.378 e. The Labute approximate surface area is 141 Å². The topological polar surface area (TPSA) is 54.4 Å². The Balaban J connectivity index is 1.63. The van der Waals surface area contributed by atoms with Gasteiger partial charge in [-0.25, -0.2) is 15.0 Å². The molecule has 0 unspecified atom stereocenters. The van der Waals surface area contributed by atoms with Crippen LogP contribution in [0.2, 0.25) is 5.02 Å². The van der Waals surface area contributed by atoms with Gasteiger partial charge in [0.1, 0.15) is 11.6 Å². The van der Waals surface area contributed by atoms with Gasteiger partial charge in [0.25, 0.3) is 0 Å². The van der Waals surface area contributed by atoms with Gasteiger partial charge in [0.15, 0.2) is 0 Å². The van der Waals surface area contributed by atoms with Gasteiger partial charge in [0.05, 0.1) is 24.8 Å². The number of nitrogens with zero attached hydrogens (tertiary/aromatic N) is 5. The molecule has 1 fully saturated rings. The molecule has 3 rings (SSSR count). The van der Waals surface area contributed by atoms with E-state index in [1.165, 1.54) is 0 Å². The minimum atomic E-state index is 0.669. The summed E-state index contributed by atoms with van der Waals surface area (Å²) in [4.78, 5) is 17.3. The summed E-state index contributed by atoms with van der Waals surface area (Å²) in [7, 11) is 2.02. The quantitative estimate of drug-likeness (QED) is 0.834. The molecule has 2 aromatic heterocycles. The average molecular weight is 334 g/mol. The number of hydrogen-bond donors (Lipinski definition) is 0. The molecule has 7 heteroatoms. The molecule has 1 saturated heterocycles. The maximum absolute atomic E-state index is 6.44. The third-order valence-electron chi connectivity index (χ3n) is 3.72. The Hall–Kier alpha value is -1.76. The highest BCUT2D eigenvalue weighted by Gasteiger charge is 2.14. The van der Waals surface area contributed by atoms with Crippen LogP contribution in [0.25, 0.3) is 0 Å². The van der Waals surface area contributed by atoms with Crippen LogP contribution in [0.15, 0.2) is 30.7 Å². The van der Waals surface area contributed by atoms with Crippen molar-refractivity contribution in [3.05, 3.63) is 47.1 Å². The van der Waals surface area contributed by atoms with Crippen LogP contribution in [0, 0.1) is 0 Å². The predicted molar refractivity (Wildman–Crippen MR) is 89.5 cm³/mol. The summed E-state index contributed by atoms with van der Waals surface area (Å²) >= 11 is 6.44. The number of aromatic nitrogens is 3. The number of pyridine rings is 1. The van der Waals surface area contributed by atoms with Crippen molar-refractivity contribution in [3.63, 3.8) is 0 Å². The monoisotopic (exact) mass is 333 g/mol.